The van der Waals surface area contributed by atoms with Crippen molar-refractivity contribution >= 4 is 11.3 Å². The van der Waals surface area contributed by atoms with Gasteiger partial charge in [0.25, 0.3) is 0 Å². The van der Waals surface area contributed by atoms with Gasteiger partial charge in [-0.15, -0.1) is 11.3 Å². The second kappa shape index (κ2) is 7.55. The molecule has 1 aliphatic heterocycles. The Kier molecular flexibility index (Phi) is 6.02. The second-order valence-corrected chi connectivity index (χ2v) is 6.81. The number of nitrogens with zero attached hydrogens (tertiary/aromatic N) is 2. The Labute approximate surface area is 127 Å². The van der Waals surface area contributed by atoms with Gasteiger partial charge in [-0.2, -0.15) is 0 Å². The predicted molar refractivity (Wildman–Crippen MR) is 88.4 cm³/mol. The first-order valence-corrected chi connectivity index (χ1v) is 8.81. The molecule has 0 aromatic carbocycles. The summed E-state index contributed by atoms with van der Waals surface area (Å²) in [6, 6.07) is 2.87. The molecule has 0 bridgehead atoms. The number of thiophene rings is 1. The molecule has 4 heteroatoms. The Bertz CT molecular complexity index is 396. The monoisotopic (exact) mass is 295 g/mol. The summed E-state index contributed by atoms with van der Waals surface area (Å²) < 4.78 is 0. The zero-order valence-corrected chi connectivity index (χ0v) is 14.0. The van der Waals surface area contributed by atoms with Crippen LogP contribution >= 0.6 is 11.3 Å². The summed E-state index contributed by atoms with van der Waals surface area (Å²) in [6.07, 6.45) is 2.29. The Morgan fingerprint density at radius 2 is 1.95 bits per heavy atom. The third-order valence-corrected chi connectivity index (χ3v) is 5.48. The molecular weight excluding hydrogens is 266 g/mol. The lowest BCUT2D eigenvalue weighted by atomic mass is 10.00. The molecule has 2 unspecified atom stereocenters. The molecule has 2 rings (SSSR count). The van der Waals surface area contributed by atoms with Crippen LogP contribution < -0.4 is 5.73 Å². The Morgan fingerprint density at radius 1 is 1.25 bits per heavy atom. The molecule has 1 saturated heterocycles. The standard InChI is InChI=1S/C16H29N3S/c1-4-7-18-8-10-19(11-9-18)15(14(17)5-2)16-13(3)6-12-20-16/h6,12,14-15H,4-5,7-11,17H2,1-3H3. The average Bonchev–Trinajstić information content (AvgIpc) is 2.87. The first-order valence-electron chi connectivity index (χ1n) is 7.93. The number of nitrogens with two attached hydrogens (primary N) is 1. The quantitative estimate of drug-likeness (QED) is 0.876. The van der Waals surface area contributed by atoms with Crippen molar-refractivity contribution in [3.8, 4) is 0 Å². The third kappa shape index (κ3) is 3.61. The molecule has 0 amide bonds. The highest BCUT2D eigenvalue weighted by molar-refractivity contribution is 7.10. The molecule has 114 valence electrons. The van der Waals surface area contributed by atoms with Gasteiger partial charge in [0.05, 0.1) is 6.04 Å². The molecule has 20 heavy (non-hydrogen) atoms. The van der Waals surface area contributed by atoms with Gasteiger partial charge in [-0.05, 0) is 43.3 Å². The van der Waals surface area contributed by atoms with E-state index in [0.29, 0.717) is 6.04 Å². The van der Waals surface area contributed by atoms with Gasteiger partial charge in [0.15, 0.2) is 0 Å². The summed E-state index contributed by atoms with van der Waals surface area (Å²) in [6.45, 7) is 12.6. The van der Waals surface area contributed by atoms with Crippen molar-refractivity contribution < 1.29 is 0 Å². The number of hydrogen-bond donors (Lipinski definition) is 1. The van der Waals surface area contributed by atoms with Crippen molar-refractivity contribution in [3.05, 3.63) is 21.9 Å². The molecule has 1 aliphatic rings. The Morgan fingerprint density at radius 3 is 2.45 bits per heavy atom. The van der Waals surface area contributed by atoms with Crippen molar-refractivity contribution in [1.29, 1.82) is 0 Å². The van der Waals surface area contributed by atoms with Gasteiger partial charge in [0, 0.05) is 37.1 Å². The first kappa shape index (κ1) is 16.0. The first-order chi connectivity index (χ1) is 9.67. The van der Waals surface area contributed by atoms with E-state index in [9.17, 15) is 0 Å². The zero-order chi connectivity index (χ0) is 14.5. The van der Waals surface area contributed by atoms with E-state index >= 15 is 0 Å². The van der Waals surface area contributed by atoms with Gasteiger partial charge < -0.3 is 10.6 Å². The fourth-order valence-electron chi connectivity index (χ4n) is 3.12. The molecule has 1 fully saturated rings. The van der Waals surface area contributed by atoms with Gasteiger partial charge in [-0.3, -0.25) is 4.90 Å². The van der Waals surface area contributed by atoms with Crippen LogP contribution in [0.1, 0.15) is 43.2 Å². The van der Waals surface area contributed by atoms with E-state index in [1.807, 2.05) is 11.3 Å². The summed E-state index contributed by atoms with van der Waals surface area (Å²) in [4.78, 5) is 6.66. The fraction of sp³-hybridized carbons (Fsp3) is 0.750. The molecule has 1 aromatic rings. The van der Waals surface area contributed by atoms with Crippen molar-refractivity contribution in [3.63, 3.8) is 0 Å². The molecule has 2 atom stereocenters. The maximum atomic E-state index is 6.45. The number of hydrogen-bond acceptors (Lipinski definition) is 4. The van der Waals surface area contributed by atoms with Crippen molar-refractivity contribution in [2.24, 2.45) is 5.73 Å². The van der Waals surface area contributed by atoms with Crippen molar-refractivity contribution in [2.75, 3.05) is 32.7 Å². The van der Waals surface area contributed by atoms with E-state index in [4.69, 9.17) is 5.73 Å². The lowest BCUT2D eigenvalue weighted by molar-refractivity contribution is 0.0849. The number of piperazine rings is 1. The molecule has 0 saturated carbocycles. The maximum absolute atomic E-state index is 6.45. The van der Waals surface area contributed by atoms with Crippen LogP contribution in [0.5, 0.6) is 0 Å². The van der Waals surface area contributed by atoms with Crippen LogP contribution in [-0.4, -0.2) is 48.6 Å². The third-order valence-electron chi connectivity index (χ3n) is 4.39. The van der Waals surface area contributed by atoms with Crippen LogP contribution in [0.15, 0.2) is 11.4 Å². The number of rotatable bonds is 6. The lowest BCUT2D eigenvalue weighted by Crippen LogP contribution is -2.51. The summed E-state index contributed by atoms with van der Waals surface area (Å²) in [7, 11) is 0. The average molecular weight is 295 g/mol. The SMILES string of the molecule is CCCN1CCN(C(c2sccc2C)C(N)CC)CC1. The Balaban J connectivity index is 2.07. The van der Waals surface area contributed by atoms with Crippen molar-refractivity contribution in [1.82, 2.24) is 9.80 Å². The molecular formula is C16H29N3S. The minimum absolute atomic E-state index is 0.241. The van der Waals surface area contributed by atoms with E-state index < -0.39 is 0 Å². The molecule has 1 aromatic heterocycles. The minimum Gasteiger partial charge on any atom is -0.326 e. The Hall–Kier alpha value is -0.420. The van der Waals surface area contributed by atoms with Crippen LogP contribution in [0.4, 0.5) is 0 Å². The van der Waals surface area contributed by atoms with Crippen LogP contribution in [0.25, 0.3) is 0 Å². The maximum Gasteiger partial charge on any atom is 0.0596 e. The zero-order valence-electron chi connectivity index (χ0n) is 13.1. The lowest BCUT2D eigenvalue weighted by Gasteiger charge is -2.41. The smallest absolute Gasteiger partial charge is 0.0596 e. The van der Waals surface area contributed by atoms with Crippen LogP contribution in [0, 0.1) is 6.92 Å². The van der Waals surface area contributed by atoms with E-state index in [0.717, 1.165) is 19.5 Å². The van der Waals surface area contributed by atoms with E-state index in [-0.39, 0.29) is 6.04 Å². The summed E-state index contributed by atoms with van der Waals surface area (Å²) in [5.41, 5.74) is 7.86. The van der Waals surface area contributed by atoms with Gasteiger partial charge in [-0.25, -0.2) is 0 Å². The largest absolute Gasteiger partial charge is 0.326 e. The second-order valence-electron chi connectivity index (χ2n) is 5.86. The van der Waals surface area contributed by atoms with Gasteiger partial charge >= 0.3 is 0 Å². The van der Waals surface area contributed by atoms with Crippen LogP contribution in [-0.2, 0) is 0 Å². The summed E-state index contributed by atoms with van der Waals surface area (Å²) in [5, 5.41) is 2.20. The van der Waals surface area contributed by atoms with Crippen molar-refractivity contribution in [2.45, 2.75) is 45.7 Å². The minimum atomic E-state index is 0.241. The highest BCUT2D eigenvalue weighted by Crippen LogP contribution is 2.32. The fourth-order valence-corrected chi connectivity index (χ4v) is 4.26. The van der Waals surface area contributed by atoms with Gasteiger partial charge in [0.1, 0.15) is 0 Å². The van der Waals surface area contributed by atoms with Crippen LogP contribution in [0.3, 0.4) is 0 Å². The molecule has 0 spiro atoms. The van der Waals surface area contributed by atoms with Gasteiger partial charge in [-0.1, -0.05) is 13.8 Å². The van der Waals surface area contributed by atoms with Gasteiger partial charge in [0.2, 0.25) is 0 Å². The molecule has 0 radical (unpaired) electrons. The highest BCUT2D eigenvalue weighted by atomic mass is 32.1. The highest BCUT2D eigenvalue weighted by Gasteiger charge is 2.30. The van der Waals surface area contributed by atoms with E-state index in [2.05, 4.69) is 42.0 Å². The molecule has 3 nitrogen and oxygen atoms in total. The number of aryl methyl sites for hydroxylation is 1. The topological polar surface area (TPSA) is 32.5 Å². The summed E-state index contributed by atoms with van der Waals surface area (Å²) >= 11 is 1.87. The molecule has 0 aliphatic carbocycles. The normalized spacial score (nSPS) is 21.0. The summed E-state index contributed by atoms with van der Waals surface area (Å²) in [5.74, 6) is 0. The molecule has 2 N–H and O–H groups in total. The van der Waals surface area contributed by atoms with Crippen LogP contribution in [0.2, 0.25) is 0 Å². The van der Waals surface area contributed by atoms with E-state index in [1.165, 1.54) is 36.5 Å². The molecule has 2 heterocycles. The van der Waals surface area contributed by atoms with E-state index in [1.54, 1.807) is 0 Å². The predicted octanol–water partition coefficient (Wildman–Crippen LogP) is 2.86.